The summed E-state index contributed by atoms with van der Waals surface area (Å²) in [6.07, 6.45) is 0. The number of anilines is 1. The fourth-order valence-electron chi connectivity index (χ4n) is 0.952. The highest BCUT2D eigenvalue weighted by molar-refractivity contribution is 14.1. The van der Waals surface area contributed by atoms with Crippen LogP contribution in [0.25, 0.3) is 0 Å². The molecule has 0 amide bonds. The maximum absolute atomic E-state index is 11.4. The number of esters is 1. The Morgan fingerprint density at radius 3 is 2.85 bits per heavy atom. The third-order valence-corrected chi connectivity index (χ3v) is 2.11. The SMILES string of the molecule is CCOC(=O)c1ccccc1NI. The van der Waals surface area contributed by atoms with Crippen molar-refractivity contribution in [3.63, 3.8) is 0 Å². The lowest BCUT2D eigenvalue weighted by Gasteiger charge is -2.06. The van der Waals surface area contributed by atoms with Crippen molar-refractivity contribution in [2.45, 2.75) is 6.92 Å². The zero-order chi connectivity index (χ0) is 9.68. The molecule has 1 rings (SSSR count). The van der Waals surface area contributed by atoms with E-state index < -0.39 is 0 Å². The van der Waals surface area contributed by atoms with Crippen molar-refractivity contribution in [3.8, 4) is 0 Å². The maximum atomic E-state index is 11.4. The molecule has 0 spiro atoms. The van der Waals surface area contributed by atoms with E-state index in [1.807, 2.05) is 41.1 Å². The first kappa shape index (κ1) is 10.3. The van der Waals surface area contributed by atoms with Crippen LogP contribution in [-0.2, 0) is 4.74 Å². The number of hydrogen-bond acceptors (Lipinski definition) is 3. The van der Waals surface area contributed by atoms with Crippen LogP contribution in [-0.4, -0.2) is 12.6 Å². The number of benzene rings is 1. The van der Waals surface area contributed by atoms with Gasteiger partial charge >= 0.3 is 5.97 Å². The molecular weight excluding hydrogens is 281 g/mol. The summed E-state index contributed by atoms with van der Waals surface area (Å²) in [5.74, 6) is -0.290. The molecule has 0 aliphatic heterocycles. The summed E-state index contributed by atoms with van der Waals surface area (Å²) in [5, 5.41) is 0. The van der Waals surface area contributed by atoms with Crippen molar-refractivity contribution in [1.29, 1.82) is 0 Å². The molecule has 0 saturated heterocycles. The Hall–Kier alpha value is -0.780. The summed E-state index contributed by atoms with van der Waals surface area (Å²) < 4.78 is 7.79. The van der Waals surface area contributed by atoms with Crippen LogP contribution in [0.3, 0.4) is 0 Å². The molecule has 0 aliphatic rings. The number of carbonyl (C=O) groups is 1. The van der Waals surface area contributed by atoms with Gasteiger partial charge in [-0.1, -0.05) is 12.1 Å². The average Bonchev–Trinajstić information content (AvgIpc) is 2.18. The van der Waals surface area contributed by atoms with Gasteiger partial charge in [-0.2, -0.15) is 0 Å². The number of hydrogen-bond donors (Lipinski definition) is 1. The first-order chi connectivity index (χ1) is 6.29. The molecular formula is C9H10INO2. The second kappa shape index (κ2) is 5.06. The molecule has 3 nitrogen and oxygen atoms in total. The van der Waals surface area contributed by atoms with Crippen molar-refractivity contribution in [3.05, 3.63) is 29.8 Å². The zero-order valence-corrected chi connectivity index (χ0v) is 9.37. The average molecular weight is 291 g/mol. The minimum absolute atomic E-state index is 0.290. The lowest BCUT2D eigenvalue weighted by molar-refractivity contribution is 0.0527. The van der Waals surface area contributed by atoms with E-state index in [-0.39, 0.29) is 5.97 Å². The number of para-hydroxylation sites is 1. The van der Waals surface area contributed by atoms with Gasteiger partial charge in [0.1, 0.15) is 0 Å². The molecule has 0 fully saturated rings. The molecule has 0 radical (unpaired) electrons. The van der Waals surface area contributed by atoms with Crippen LogP contribution in [0.5, 0.6) is 0 Å². The minimum atomic E-state index is -0.290. The Bertz CT molecular complexity index is 301. The summed E-state index contributed by atoms with van der Waals surface area (Å²) in [7, 11) is 0. The third-order valence-electron chi connectivity index (χ3n) is 1.52. The maximum Gasteiger partial charge on any atom is 0.340 e. The Morgan fingerprint density at radius 2 is 2.23 bits per heavy atom. The highest BCUT2D eigenvalue weighted by Gasteiger charge is 2.09. The van der Waals surface area contributed by atoms with E-state index in [1.165, 1.54) is 0 Å². The van der Waals surface area contributed by atoms with Gasteiger partial charge in [-0.15, -0.1) is 0 Å². The molecule has 4 heteroatoms. The number of ether oxygens (including phenoxy) is 1. The van der Waals surface area contributed by atoms with Crippen molar-refractivity contribution in [2.75, 3.05) is 10.1 Å². The molecule has 0 unspecified atom stereocenters. The van der Waals surface area contributed by atoms with Gasteiger partial charge in [-0.25, -0.2) is 4.79 Å². The molecule has 0 bridgehead atoms. The molecule has 1 aromatic rings. The molecule has 1 aromatic carbocycles. The van der Waals surface area contributed by atoms with Gasteiger partial charge in [0.2, 0.25) is 0 Å². The van der Waals surface area contributed by atoms with Crippen molar-refractivity contribution in [1.82, 2.24) is 0 Å². The van der Waals surface area contributed by atoms with Gasteiger partial charge in [-0.3, -0.25) is 0 Å². The highest BCUT2D eigenvalue weighted by atomic mass is 127. The Balaban J connectivity index is 2.92. The Morgan fingerprint density at radius 1 is 1.54 bits per heavy atom. The second-order valence-electron chi connectivity index (χ2n) is 2.36. The number of carbonyl (C=O) groups excluding carboxylic acids is 1. The van der Waals surface area contributed by atoms with Gasteiger partial charge in [0.05, 0.1) is 40.7 Å². The monoisotopic (exact) mass is 291 g/mol. The largest absolute Gasteiger partial charge is 0.462 e. The molecule has 70 valence electrons. The quantitative estimate of drug-likeness (QED) is 0.528. The summed E-state index contributed by atoms with van der Waals surface area (Å²) in [6.45, 7) is 2.19. The van der Waals surface area contributed by atoms with Crippen LogP contribution in [0.4, 0.5) is 5.69 Å². The van der Waals surface area contributed by atoms with E-state index in [9.17, 15) is 4.79 Å². The lowest BCUT2D eigenvalue weighted by atomic mass is 10.2. The second-order valence-corrected chi connectivity index (χ2v) is 2.90. The van der Waals surface area contributed by atoms with E-state index in [1.54, 1.807) is 13.0 Å². The molecule has 13 heavy (non-hydrogen) atoms. The molecule has 0 aromatic heterocycles. The van der Waals surface area contributed by atoms with Crippen LogP contribution < -0.4 is 3.53 Å². The van der Waals surface area contributed by atoms with Gasteiger partial charge in [0, 0.05) is 0 Å². The Labute approximate surface area is 91.0 Å². The topological polar surface area (TPSA) is 38.3 Å². The van der Waals surface area contributed by atoms with E-state index in [4.69, 9.17) is 4.74 Å². The first-order valence-electron chi connectivity index (χ1n) is 3.92. The zero-order valence-electron chi connectivity index (χ0n) is 7.21. The number of halogens is 1. The van der Waals surface area contributed by atoms with Crippen molar-refractivity contribution < 1.29 is 9.53 Å². The van der Waals surface area contributed by atoms with Gasteiger partial charge in [0.25, 0.3) is 0 Å². The smallest absolute Gasteiger partial charge is 0.340 e. The highest BCUT2D eigenvalue weighted by Crippen LogP contribution is 2.17. The normalized spacial score (nSPS) is 9.38. The first-order valence-corrected chi connectivity index (χ1v) is 5.00. The lowest BCUT2D eigenvalue weighted by Crippen LogP contribution is -2.06. The molecule has 0 saturated carbocycles. The van der Waals surface area contributed by atoms with Crippen molar-refractivity contribution >= 4 is 34.5 Å². The van der Waals surface area contributed by atoms with E-state index in [2.05, 4.69) is 3.53 Å². The standard InChI is InChI=1S/C9H10INO2/c1-2-13-9(12)7-5-3-4-6-8(7)11-10/h3-6,11H,2H2,1H3. The van der Waals surface area contributed by atoms with Crippen LogP contribution in [0.1, 0.15) is 17.3 Å². The molecule has 1 N–H and O–H groups in total. The summed E-state index contributed by atoms with van der Waals surface area (Å²) in [5.41, 5.74) is 1.35. The summed E-state index contributed by atoms with van der Waals surface area (Å²) in [4.78, 5) is 11.4. The molecule has 0 heterocycles. The van der Waals surface area contributed by atoms with Gasteiger partial charge in [0.15, 0.2) is 0 Å². The predicted molar refractivity (Wildman–Crippen MR) is 60.0 cm³/mol. The van der Waals surface area contributed by atoms with Crippen LogP contribution in [0.15, 0.2) is 24.3 Å². The fraction of sp³-hybridized carbons (Fsp3) is 0.222. The fourth-order valence-corrected chi connectivity index (χ4v) is 1.42. The van der Waals surface area contributed by atoms with Gasteiger partial charge in [-0.05, 0) is 19.1 Å². The number of rotatable bonds is 3. The van der Waals surface area contributed by atoms with E-state index >= 15 is 0 Å². The summed E-state index contributed by atoms with van der Waals surface area (Å²) >= 11 is 1.98. The van der Waals surface area contributed by atoms with E-state index in [0.29, 0.717) is 12.2 Å². The van der Waals surface area contributed by atoms with Crippen LogP contribution in [0.2, 0.25) is 0 Å². The third kappa shape index (κ3) is 2.58. The van der Waals surface area contributed by atoms with E-state index in [0.717, 1.165) is 5.69 Å². The minimum Gasteiger partial charge on any atom is -0.462 e. The number of nitrogens with one attached hydrogen (secondary N) is 1. The predicted octanol–water partition coefficient (Wildman–Crippen LogP) is 2.63. The van der Waals surface area contributed by atoms with Crippen LogP contribution in [0, 0.1) is 0 Å². The molecule has 0 atom stereocenters. The van der Waals surface area contributed by atoms with Crippen molar-refractivity contribution in [2.24, 2.45) is 0 Å². The van der Waals surface area contributed by atoms with Gasteiger partial charge < -0.3 is 8.27 Å². The Kier molecular flexibility index (Phi) is 4.01. The summed E-state index contributed by atoms with van der Waals surface area (Å²) in [6, 6.07) is 7.24. The van der Waals surface area contributed by atoms with Crippen LogP contribution >= 0.6 is 22.9 Å². The molecule has 0 aliphatic carbocycles.